The minimum absolute atomic E-state index is 0.185. The van der Waals surface area contributed by atoms with Crippen molar-refractivity contribution < 1.29 is 9.53 Å². The molecule has 1 aromatic carbocycles. The van der Waals surface area contributed by atoms with Crippen LogP contribution in [0.15, 0.2) is 24.3 Å². The molecule has 1 fully saturated rings. The largest absolute Gasteiger partial charge is 0.444 e. The zero-order chi connectivity index (χ0) is 18.6. The van der Waals surface area contributed by atoms with E-state index in [0.29, 0.717) is 18.0 Å². The maximum atomic E-state index is 12.3. The standard InChI is InChI=1S/C20H31IN2O2/c1-14(16-8-10-18(21)11-9-16)22-15(2)17-7-6-12-23(13-17)19(24)25-20(3,4)5/h8-11,14-15,17,22H,6-7,12-13H2,1-5H3. The first-order chi connectivity index (χ1) is 11.7. The number of carbonyl (C=O) groups is 1. The summed E-state index contributed by atoms with van der Waals surface area (Å²) in [5.74, 6) is 0.451. The summed E-state index contributed by atoms with van der Waals surface area (Å²) in [5, 5.41) is 3.71. The van der Waals surface area contributed by atoms with Gasteiger partial charge in [0.2, 0.25) is 0 Å². The van der Waals surface area contributed by atoms with E-state index in [1.165, 1.54) is 9.13 Å². The van der Waals surface area contributed by atoms with Crippen LogP contribution in [-0.4, -0.2) is 35.7 Å². The molecule has 140 valence electrons. The molecule has 1 aliphatic heterocycles. The number of nitrogens with zero attached hydrogens (tertiary/aromatic N) is 1. The normalized spacial score (nSPS) is 20.9. The summed E-state index contributed by atoms with van der Waals surface area (Å²) >= 11 is 2.33. The molecule has 4 nitrogen and oxygen atoms in total. The van der Waals surface area contributed by atoms with Crippen molar-refractivity contribution in [3.05, 3.63) is 33.4 Å². The second-order valence-corrected chi connectivity index (χ2v) is 9.30. The molecule has 0 spiro atoms. The van der Waals surface area contributed by atoms with Crippen LogP contribution >= 0.6 is 22.6 Å². The van der Waals surface area contributed by atoms with Crippen molar-refractivity contribution in [2.45, 2.75) is 65.1 Å². The smallest absolute Gasteiger partial charge is 0.410 e. The SMILES string of the molecule is CC(NC(C)C1CCCN(C(=O)OC(C)(C)C)C1)c1ccc(I)cc1. The van der Waals surface area contributed by atoms with Gasteiger partial charge in [0, 0.05) is 28.7 Å². The summed E-state index contributed by atoms with van der Waals surface area (Å²) in [6.07, 6.45) is 2.00. The Balaban J connectivity index is 1.91. The topological polar surface area (TPSA) is 41.6 Å². The number of likely N-dealkylation sites (tertiary alicyclic amines) is 1. The third kappa shape index (κ3) is 6.44. The molecule has 5 heteroatoms. The Morgan fingerprint density at radius 3 is 2.52 bits per heavy atom. The van der Waals surface area contributed by atoms with Crippen LogP contribution in [0.3, 0.4) is 0 Å². The molecule has 3 atom stereocenters. The Morgan fingerprint density at radius 1 is 1.28 bits per heavy atom. The van der Waals surface area contributed by atoms with Crippen molar-refractivity contribution in [3.8, 4) is 0 Å². The lowest BCUT2D eigenvalue weighted by Crippen LogP contribution is -2.48. The van der Waals surface area contributed by atoms with E-state index in [-0.39, 0.29) is 6.09 Å². The van der Waals surface area contributed by atoms with Gasteiger partial charge in [-0.15, -0.1) is 0 Å². The molecule has 2 rings (SSSR count). The van der Waals surface area contributed by atoms with E-state index in [0.717, 1.165) is 25.9 Å². The molecule has 1 aliphatic rings. The van der Waals surface area contributed by atoms with E-state index in [2.05, 4.69) is 66.0 Å². The minimum atomic E-state index is -0.437. The predicted octanol–water partition coefficient (Wildman–Crippen LogP) is 4.98. The lowest BCUT2D eigenvalue weighted by Gasteiger charge is -2.37. The highest BCUT2D eigenvalue weighted by Gasteiger charge is 2.30. The number of ether oxygens (including phenoxy) is 1. The van der Waals surface area contributed by atoms with E-state index >= 15 is 0 Å². The average molecular weight is 458 g/mol. The third-order valence-corrected chi connectivity index (χ3v) is 5.42. The highest BCUT2D eigenvalue weighted by molar-refractivity contribution is 14.1. The molecule has 1 saturated heterocycles. The molecule has 3 unspecified atom stereocenters. The number of rotatable bonds is 4. The number of nitrogens with one attached hydrogen (secondary N) is 1. The van der Waals surface area contributed by atoms with Crippen molar-refractivity contribution in [3.63, 3.8) is 0 Å². The fraction of sp³-hybridized carbons (Fsp3) is 0.650. The minimum Gasteiger partial charge on any atom is -0.444 e. The molecule has 0 saturated carbocycles. The van der Waals surface area contributed by atoms with Gasteiger partial charge in [0.15, 0.2) is 0 Å². The van der Waals surface area contributed by atoms with Gasteiger partial charge in [-0.05, 0) is 93.7 Å². The van der Waals surface area contributed by atoms with Crippen molar-refractivity contribution in [1.29, 1.82) is 0 Å². The summed E-state index contributed by atoms with van der Waals surface area (Å²) in [6, 6.07) is 9.29. The molecule has 0 aromatic heterocycles. The van der Waals surface area contributed by atoms with Crippen LogP contribution in [-0.2, 0) is 4.74 Å². The van der Waals surface area contributed by atoms with Gasteiger partial charge in [0.1, 0.15) is 5.60 Å². The van der Waals surface area contributed by atoms with Crippen molar-refractivity contribution in [2.24, 2.45) is 5.92 Å². The van der Waals surface area contributed by atoms with Crippen LogP contribution in [0.1, 0.15) is 59.1 Å². The van der Waals surface area contributed by atoms with Crippen LogP contribution in [0.5, 0.6) is 0 Å². The van der Waals surface area contributed by atoms with Gasteiger partial charge in [-0.3, -0.25) is 0 Å². The fourth-order valence-electron chi connectivity index (χ4n) is 3.29. The number of halogens is 1. The van der Waals surface area contributed by atoms with Crippen LogP contribution in [0, 0.1) is 9.49 Å². The van der Waals surface area contributed by atoms with Crippen LogP contribution < -0.4 is 5.32 Å². The summed E-state index contributed by atoms with van der Waals surface area (Å²) in [5.41, 5.74) is 0.861. The van der Waals surface area contributed by atoms with Gasteiger partial charge >= 0.3 is 6.09 Å². The molecular weight excluding hydrogens is 427 g/mol. The number of piperidine rings is 1. The maximum absolute atomic E-state index is 12.3. The molecule has 1 aromatic rings. The molecule has 0 radical (unpaired) electrons. The first-order valence-corrected chi connectivity index (χ1v) is 10.2. The van der Waals surface area contributed by atoms with E-state index in [1.54, 1.807) is 0 Å². The fourth-order valence-corrected chi connectivity index (χ4v) is 3.65. The number of hydrogen-bond acceptors (Lipinski definition) is 3. The lowest BCUT2D eigenvalue weighted by molar-refractivity contribution is 0.0146. The quantitative estimate of drug-likeness (QED) is 0.648. The molecule has 0 bridgehead atoms. The van der Waals surface area contributed by atoms with Crippen LogP contribution in [0.4, 0.5) is 4.79 Å². The number of benzene rings is 1. The highest BCUT2D eigenvalue weighted by Crippen LogP contribution is 2.24. The Labute approximate surface area is 165 Å². The summed E-state index contributed by atoms with van der Waals surface area (Å²) in [6.45, 7) is 11.7. The highest BCUT2D eigenvalue weighted by atomic mass is 127. The molecule has 0 aliphatic carbocycles. The zero-order valence-corrected chi connectivity index (χ0v) is 18.2. The number of amides is 1. The Kier molecular flexibility index (Phi) is 7.14. The van der Waals surface area contributed by atoms with E-state index < -0.39 is 5.60 Å². The Bertz CT molecular complexity index is 568. The summed E-state index contributed by atoms with van der Waals surface area (Å²) < 4.78 is 6.78. The average Bonchev–Trinajstić information content (AvgIpc) is 2.54. The Hall–Kier alpha value is -0.820. The van der Waals surface area contributed by atoms with E-state index in [4.69, 9.17) is 4.74 Å². The van der Waals surface area contributed by atoms with Crippen molar-refractivity contribution in [1.82, 2.24) is 10.2 Å². The zero-order valence-electron chi connectivity index (χ0n) is 16.0. The Morgan fingerprint density at radius 2 is 1.92 bits per heavy atom. The molecule has 1 heterocycles. The van der Waals surface area contributed by atoms with Crippen LogP contribution in [0.25, 0.3) is 0 Å². The first kappa shape index (κ1) is 20.5. The first-order valence-electron chi connectivity index (χ1n) is 9.15. The monoisotopic (exact) mass is 458 g/mol. The van der Waals surface area contributed by atoms with Crippen molar-refractivity contribution >= 4 is 28.7 Å². The number of hydrogen-bond donors (Lipinski definition) is 1. The van der Waals surface area contributed by atoms with Gasteiger partial charge < -0.3 is 15.0 Å². The van der Waals surface area contributed by atoms with Gasteiger partial charge in [0.25, 0.3) is 0 Å². The molecule has 1 amide bonds. The number of carbonyl (C=O) groups excluding carboxylic acids is 1. The molecule has 25 heavy (non-hydrogen) atoms. The maximum Gasteiger partial charge on any atom is 0.410 e. The van der Waals surface area contributed by atoms with Gasteiger partial charge in [-0.25, -0.2) is 4.79 Å². The molecule has 1 N–H and O–H groups in total. The summed E-state index contributed by atoms with van der Waals surface area (Å²) in [4.78, 5) is 14.2. The van der Waals surface area contributed by atoms with E-state index in [1.807, 2.05) is 25.7 Å². The van der Waals surface area contributed by atoms with Gasteiger partial charge in [-0.2, -0.15) is 0 Å². The second kappa shape index (κ2) is 8.71. The van der Waals surface area contributed by atoms with E-state index in [9.17, 15) is 4.79 Å². The summed E-state index contributed by atoms with van der Waals surface area (Å²) in [7, 11) is 0. The van der Waals surface area contributed by atoms with Crippen LogP contribution in [0.2, 0.25) is 0 Å². The second-order valence-electron chi connectivity index (χ2n) is 8.06. The van der Waals surface area contributed by atoms with Crippen molar-refractivity contribution in [2.75, 3.05) is 13.1 Å². The predicted molar refractivity (Wildman–Crippen MR) is 111 cm³/mol. The third-order valence-electron chi connectivity index (χ3n) is 4.70. The van der Waals surface area contributed by atoms with Gasteiger partial charge in [0.05, 0.1) is 0 Å². The molecular formula is C20H31IN2O2. The van der Waals surface area contributed by atoms with Gasteiger partial charge in [-0.1, -0.05) is 12.1 Å². The lowest BCUT2D eigenvalue weighted by atomic mass is 9.91.